The second-order valence-corrected chi connectivity index (χ2v) is 14.4. The van der Waals surface area contributed by atoms with Crippen LogP contribution >= 0.6 is 15.9 Å². The first-order valence-electron chi connectivity index (χ1n) is 13.6. The van der Waals surface area contributed by atoms with Crippen molar-refractivity contribution in [2.45, 2.75) is 77.4 Å². The van der Waals surface area contributed by atoms with Gasteiger partial charge in [0.2, 0.25) is 11.8 Å². The van der Waals surface area contributed by atoms with Crippen molar-refractivity contribution in [2.24, 2.45) is 0 Å². The summed E-state index contributed by atoms with van der Waals surface area (Å²) in [6, 6.07) is 20.4. The molecule has 0 aliphatic heterocycles. The third-order valence-corrected chi connectivity index (χ3v) is 8.98. The van der Waals surface area contributed by atoms with Gasteiger partial charge in [0.15, 0.2) is 0 Å². The van der Waals surface area contributed by atoms with Gasteiger partial charge in [0.25, 0.3) is 10.0 Å². The highest BCUT2D eigenvalue weighted by Gasteiger charge is 2.33. The van der Waals surface area contributed by atoms with Crippen molar-refractivity contribution in [1.29, 1.82) is 0 Å². The molecular weight excluding hydrogens is 602 g/mol. The zero-order valence-electron chi connectivity index (χ0n) is 24.8. The van der Waals surface area contributed by atoms with Gasteiger partial charge in [-0.3, -0.25) is 13.9 Å². The third kappa shape index (κ3) is 8.66. The van der Waals surface area contributed by atoms with Gasteiger partial charge in [-0.15, -0.1) is 0 Å². The Balaban J connectivity index is 2.05. The molecule has 1 N–H and O–H groups in total. The minimum atomic E-state index is -4.11. The quantitative estimate of drug-likeness (QED) is 0.277. The molecule has 3 aromatic rings. The summed E-state index contributed by atoms with van der Waals surface area (Å²) in [5, 5.41) is 2.94. The van der Waals surface area contributed by atoms with Crippen LogP contribution in [0.2, 0.25) is 0 Å². The molecule has 0 fully saturated rings. The minimum absolute atomic E-state index is 0.0850. The van der Waals surface area contributed by atoms with Gasteiger partial charge in [-0.25, -0.2) is 8.42 Å². The predicted molar refractivity (Wildman–Crippen MR) is 168 cm³/mol. The second-order valence-electron chi connectivity index (χ2n) is 11.6. The number of halogens is 1. The SMILES string of the molecule is Cc1ccc(S(=O)(=O)N(CC(=O)N(Cc2ccc(Br)cc2)C(C)C(=O)NC(C)(C)C)c2ccc(C(C)C)cc2)cc1. The molecule has 0 saturated heterocycles. The molecule has 0 radical (unpaired) electrons. The molecule has 220 valence electrons. The second kappa shape index (κ2) is 13.2. The van der Waals surface area contributed by atoms with Gasteiger partial charge < -0.3 is 10.2 Å². The number of sulfonamides is 1. The minimum Gasteiger partial charge on any atom is -0.350 e. The van der Waals surface area contributed by atoms with E-state index in [-0.39, 0.29) is 23.3 Å². The lowest BCUT2D eigenvalue weighted by atomic mass is 10.0. The lowest BCUT2D eigenvalue weighted by Crippen LogP contribution is -2.54. The van der Waals surface area contributed by atoms with Crippen LogP contribution in [-0.4, -0.2) is 43.3 Å². The number of rotatable bonds is 10. The molecule has 1 atom stereocenters. The van der Waals surface area contributed by atoms with Crippen LogP contribution in [0.3, 0.4) is 0 Å². The average Bonchev–Trinajstić information content (AvgIpc) is 2.90. The highest BCUT2D eigenvalue weighted by molar-refractivity contribution is 9.10. The number of nitrogens with zero attached hydrogens (tertiary/aromatic N) is 2. The normalized spacial score (nSPS) is 12.6. The molecular formula is C32H40BrN3O4S. The standard InChI is InChI=1S/C32H40BrN3O4S/c1-22(2)26-12-16-28(17-13-26)36(41(39,40)29-18-8-23(3)9-19-29)21-30(37)35(20-25-10-14-27(33)15-11-25)24(4)31(38)34-32(5,6)7/h8-19,22,24H,20-21H2,1-7H3,(H,34,38). The molecule has 3 rings (SSSR count). The van der Waals surface area contributed by atoms with Crippen molar-refractivity contribution in [2.75, 3.05) is 10.8 Å². The highest BCUT2D eigenvalue weighted by atomic mass is 79.9. The van der Waals surface area contributed by atoms with Crippen LogP contribution in [0.5, 0.6) is 0 Å². The molecule has 2 amide bonds. The van der Waals surface area contributed by atoms with Gasteiger partial charge in [-0.05, 0) is 88.1 Å². The first-order chi connectivity index (χ1) is 19.1. The number of hydrogen-bond acceptors (Lipinski definition) is 4. The van der Waals surface area contributed by atoms with Crippen molar-refractivity contribution in [3.63, 3.8) is 0 Å². The molecule has 3 aromatic carbocycles. The van der Waals surface area contributed by atoms with E-state index in [9.17, 15) is 18.0 Å². The van der Waals surface area contributed by atoms with Crippen LogP contribution in [0.15, 0.2) is 82.2 Å². The van der Waals surface area contributed by atoms with Gasteiger partial charge >= 0.3 is 0 Å². The number of hydrogen-bond donors (Lipinski definition) is 1. The molecule has 0 aliphatic rings. The van der Waals surface area contributed by atoms with E-state index in [2.05, 4.69) is 35.1 Å². The number of carbonyl (C=O) groups excluding carboxylic acids is 2. The highest BCUT2D eigenvalue weighted by Crippen LogP contribution is 2.27. The van der Waals surface area contributed by atoms with E-state index in [1.54, 1.807) is 43.3 Å². The largest absolute Gasteiger partial charge is 0.350 e. The molecule has 41 heavy (non-hydrogen) atoms. The van der Waals surface area contributed by atoms with E-state index in [4.69, 9.17) is 0 Å². The topological polar surface area (TPSA) is 86.8 Å². The molecule has 0 heterocycles. The molecule has 0 bridgehead atoms. The zero-order valence-corrected chi connectivity index (χ0v) is 27.2. The molecule has 0 saturated carbocycles. The summed E-state index contributed by atoms with van der Waals surface area (Å²) in [5.41, 5.74) is 2.66. The van der Waals surface area contributed by atoms with Gasteiger partial charge in [0.1, 0.15) is 12.6 Å². The molecule has 0 aromatic heterocycles. The number of nitrogens with one attached hydrogen (secondary N) is 1. The van der Waals surface area contributed by atoms with Crippen molar-refractivity contribution in [1.82, 2.24) is 10.2 Å². The van der Waals surface area contributed by atoms with Crippen molar-refractivity contribution >= 4 is 43.5 Å². The van der Waals surface area contributed by atoms with Crippen LogP contribution < -0.4 is 9.62 Å². The van der Waals surface area contributed by atoms with Crippen LogP contribution in [0.4, 0.5) is 5.69 Å². The zero-order chi connectivity index (χ0) is 30.5. The first-order valence-corrected chi connectivity index (χ1v) is 15.9. The summed E-state index contributed by atoms with van der Waals surface area (Å²) >= 11 is 3.43. The maximum atomic E-state index is 14.0. The van der Waals surface area contributed by atoms with E-state index in [0.717, 1.165) is 25.5 Å². The maximum absolute atomic E-state index is 14.0. The Bertz CT molecular complexity index is 1450. The average molecular weight is 643 g/mol. The summed E-state index contributed by atoms with van der Waals surface area (Å²) in [7, 11) is -4.11. The summed E-state index contributed by atoms with van der Waals surface area (Å²) in [5.74, 6) is -0.554. The summed E-state index contributed by atoms with van der Waals surface area (Å²) in [4.78, 5) is 28.8. The number of amides is 2. The lowest BCUT2D eigenvalue weighted by molar-refractivity contribution is -0.140. The number of aryl methyl sites for hydroxylation is 1. The maximum Gasteiger partial charge on any atom is 0.264 e. The van der Waals surface area contributed by atoms with Crippen molar-refractivity contribution in [3.05, 3.63) is 94.0 Å². The Labute approximate surface area is 253 Å². The Kier molecular flexibility index (Phi) is 10.4. The van der Waals surface area contributed by atoms with Crippen LogP contribution in [0.25, 0.3) is 0 Å². The van der Waals surface area contributed by atoms with E-state index >= 15 is 0 Å². The molecule has 9 heteroatoms. The van der Waals surface area contributed by atoms with Crippen LogP contribution in [0, 0.1) is 6.92 Å². The number of anilines is 1. The van der Waals surface area contributed by atoms with Gasteiger partial charge in [0, 0.05) is 16.6 Å². The van der Waals surface area contributed by atoms with E-state index in [1.807, 2.05) is 64.1 Å². The van der Waals surface area contributed by atoms with Gasteiger partial charge in [-0.1, -0.05) is 71.7 Å². The fraction of sp³-hybridized carbons (Fsp3) is 0.375. The van der Waals surface area contributed by atoms with Gasteiger partial charge in [-0.2, -0.15) is 0 Å². The summed E-state index contributed by atoms with van der Waals surface area (Å²) in [6.07, 6.45) is 0. The summed E-state index contributed by atoms with van der Waals surface area (Å²) in [6.45, 7) is 12.9. The Morgan fingerprint density at radius 3 is 1.95 bits per heavy atom. The summed E-state index contributed by atoms with van der Waals surface area (Å²) < 4.78 is 30.0. The third-order valence-electron chi connectivity index (χ3n) is 6.67. The van der Waals surface area contributed by atoms with Gasteiger partial charge in [0.05, 0.1) is 10.6 Å². The predicted octanol–water partition coefficient (Wildman–Crippen LogP) is 6.41. The molecule has 0 spiro atoms. The van der Waals surface area contributed by atoms with Crippen LogP contribution in [0.1, 0.15) is 64.2 Å². The molecule has 7 nitrogen and oxygen atoms in total. The van der Waals surface area contributed by atoms with E-state index in [1.165, 1.54) is 4.90 Å². The first kappa shape index (κ1) is 32.3. The lowest BCUT2D eigenvalue weighted by Gasteiger charge is -2.33. The molecule has 0 aliphatic carbocycles. The smallest absolute Gasteiger partial charge is 0.264 e. The van der Waals surface area contributed by atoms with Crippen molar-refractivity contribution < 1.29 is 18.0 Å². The van der Waals surface area contributed by atoms with Crippen LogP contribution in [-0.2, 0) is 26.2 Å². The van der Waals surface area contributed by atoms with E-state index < -0.39 is 34.1 Å². The fourth-order valence-corrected chi connectivity index (χ4v) is 5.91. The molecule has 1 unspecified atom stereocenters. The number of carbonyl (C=O) groups is 2. The monoisotopic (exact) mass is 641 g/mol. The fourth-order valence-electron chi connectivity index (χ4n) is 4.23. The van der Waals surface area contributed by atoms with Crippen molar-refractivity contribution in [3.8, 4) is 0 Å². The Morgan fingerprint density at radius 1 is 0.878 bits per heavy atom. The van der Waals surface area contributed by atoms with E-state index in [0.29, 0.717) is 5.69 Å². The Morgan fingerprint density at radius 2 is 1.44 bits per heavy atom. The number of benzene rings is 3. The Hall–Kier alpha value is -3.17.